The first-order valence-corrected chi connectivity index (χ1v) is 4.02. The van der Waals surface area contributed by atoms with Gasteiger partial charge in [-0.1, -0.05) is 12.2 Å². The van der Waals surface area contributed by atoms with Crippen molar-refractivity contribution in [2.24, 2.45) is 0 Å². The molecule has 0 aromatic heterocycles. The van der Waals surface area contributed by atoms with Crippen LogP contribution in [0.3, 0.4) is 0 Å². The minimum Gasteiger partial charge on any atom is -0.466 e. The van der Waals surface area contributed by atoms with Gasteiger partial charge in [-0.2, -0.15) is 0 Å². The average Bonchev–Trinajstić information content (AvgIpc) is 1.96. The Hall–Kier alpha value is -0.790. The average molecular weight is 156 g/mol. The van der Waals surface area contributed by atoms with E-state index in [9.17, 15) is 4.79 Å². The molecule has 0 atom stereocenters. The minimum absolute atomic E-state index is 0.184. The Balaban J connectivity index is 2.96. The molecule has 2 heteroatoms. The zero-order chi connectivity index (χ0) is 8.53. The monoisotopic (exact) mass is 156 g/mol. The summed E-state index contributed by atoms with van der Waals surface area (Å²) < 4.78 is 4.76. The second-order valence-electron chi connectivity index (χ2n) is 2.40. The van der Waals surface area contributed by atoms with Gasteiger partial charge in [0.05, 0.1) is 6.61 Å². The van der Waals surface area contributed by atoms with E-state index in [1.54, 1.807) is 0 Å². The highest BCUT2D eigenvalue weighted by molar-refractivity contribution is 5.65. The molecule has 2 nitrogen and oxygen atoms in total. The third kappa shape index (κ3) is 9.21. The third-order valence-electron chi connectivity index (χ3n) is 1.31. The molecular weight excluding hydrogens is 140 g/mol. The van der Waals surface area contributed by atoms with Crippen molar-refractivity contribution in [2.75, 3.05) is 6.61 Å². The quantitative estimate of drug-likeness (QED) is 0.347. The van der Waals surface area contributed by atoms with E-state index in [0.29, 0.717) is 6.61 Å². The van der Waals surface area contributed by atoms with Gasteiger partial charge in [0.25, 0.3) is 0 Å². The molecule has 0 fully saturated rings. The summed E-state index contributed by atoms with van der Waals surface area (Å²) in [5, 5.41) is 0. The Labute approximate surface area is 68.2 Å². The first-order valence-electron chi connectivity index (χ1n) is 4.02. The summed E-state index contributed by atoms with van der Waals surface area (Å²) in [6, 6.07) is 0. The number of hydrogen-bond acceptors (Lipinski definition) is 2. The van der Waals surface area contributed by atoms with Crippen molar-refractivity contribution in [2.45, 2.75) is 33.1 Å². The second-order valence-corrected chi connectivity index (χ2v) is 2.40. The first kappa shape index (κ1) is 10.2. The maximum atomic E-state index is 10.3. The Morgan fingerprint density at radius 1 is 1.45 bits per heavy atom. The van der Waals surface area contributed by atoms with Crippen LogP contribution in [0.25, 0.3) is 0 Å². The molecule has 0 saturated heterocycles. The van der Waals surface area contributed by atoms with Gasteiger partial charge in [-0.25, -0.2) is 0 Å². The fourth-order valence-electron chi connectivity index (χ4n) is 0.747. The first-order chi connectivity index (χ1) is 5.27. The van der Waals surface area contributed by atoms with Gasteiger partial charge in [0, 0.05) is 6.92 Å². The number of ether oxygens (including phenoxy) is 1. The van der Waals surface area contributed by atoms with Gasteiger partial charge in [0.1, 0.15) is 0 Å². The van der Waals surface area contributed by atoms with Crippen LogP contribution < -0.4 is 0 Å². The van der Waals surface area contributed by atoms with Crippen LogP contribution in [-0.4, -0.2) is 12.6 Å². The van der Waals surface area contributed by atoms with Crippen molar-refractivity contribution in [3.63, 3.8) is 0 Å². The van der Waals surface area contributed by atoms with E-state index < -0.39 is 0 Å². The normalized spacial score (nSPS) is 10.4. The summed E-state index contributed by atoms with van der Waals surface area (Å²) in [7, 11) is 0. The van der Waals surface area contributed by atoms with Crippen LogP contribution in [0.4, 0.5) is 0 Å². The van der Waals surface area contributed by atoms with Gasteiger partial charge < -0.3 is 4.74 Å². The molecule has 0 N–H and O–H groups in total. The van der Waals surface area contributed by atoms with Crippen LogP contribution >= 0.6 is 0 Å². The lowest BCUT2D eigenvalue weighted by Crippen LogP contribution is -1.99. The lowest BCUT2D eigenvalue weighted by molar-refractivity contribution is -0.141. The molecule has 0 radical (unpaired) electrons. The van der Waals surface area contributed by atoms with Crippen molar-refractivity contribution in [3.05, 3.63) is 12.2 Å². The van der Waals surface area contributed by atoms with Gasteiger partial charge in [0.2, 0.25) is 0 Å². The molecule has 0 aliphatic carbocycles. The number of carbonyl (C=O) groups excluding carboxylic acids is 1. The molecule has 0 aliphatic rings. The summed E-state index contributed by atoms with van der Waals surface area (Å²) >= 11 is 0. The van der Waals surface area contributed by atoms with Crippen molar-refractivity contribution >= 4 is 5.97 Å². The Bertz CT molecular complexity index is 128. The Morgan fingerprint density at radius 3 is 2.73 bits per heavy atom. The molecule has 0 saturated carbocycles. The number of rotatable bonds is 5. The maximum Gasteiger partial charge on any atom is 0.302 e. The van der Waals surface area contributed by atoms with E-state index in [0.717, 1.165) is 19.3 Å². The Morgan fingerprint density at radius 2 is 2.18 bits per heavy atom. The number of esters is 1. The molecule has 0 heterocycles. The van der Waals surface area contributed by atoms with E-state index in [1.807, 2.05) is 13.0 Å². The van der Waals surface area contributed by atoms with Crippen LogP contribution in [0.2, 0.25) is 0 Å². The highest BCUT2D eigenvalue weighted by atomic mass is 16.5. The van der Waals surface area contributed by atoms with Gasteiger partial charge in [0.15, 0.2) is 0 Å². The summed E-state index contributed by atoms with van der Waals surface area (Å²) in [5.41, 5.74) is 0. The van der Waals surface area contributed by atoms with Crippen molar-refractivity contribution in [1.82, 2.24) is 0 Å². The number of hydrogen-bond donors (Lipinski definition) is 0. The summed E-state index contributed by atoms with van der Waals surface area (Å²) in [6.45, 7) is 4.00. The number of carbonyl (C=O) groups is 1. The fourth-order valence-corrected chi connectivity index (χ4v) is 0.747. The van der Waals surface area contributed by atoms with E-state index in [2.05, 4.69) is 6.08 Å². The predicted octanol–water partition coefficient (Wildman–Crippen LogP) is 2.30. The molecule has 0 aromatic rings. The fraction of sp³-hybridized carbons (Fsp3) is 0.667. The molecule has 0 aliphatic heterocycles. The molecular formula is C9H16O2. The highest BCUT2D eigenvalue weighted by Crippen LogP contribution is 1.96. The highest BCUT2D eigenvalue weighted by Gasteiger charge is 1.90. The molecule has 0 unspecified atom stereocenters. The van der Waals surface area contributed by atoms with Crippen LogP contribution in [0.1, 0.15) is 33.1 Å². The lowest BCUT2D eigenvalue weighted by atomic mass is 10.2. The van der Waals surface area contributed by atoms with Crippen LogP contribution in [0.15, 0.2) is 12.2 Å². The molecule has 0 rings (SSSR count). The molecule has 0 spiro atoms. The van der Waals surface area contributed by atoms with E-state index in [4.69, 9.17) is 4.74 Å². The second kappa shape index (κ2) is 7.32. The third-order valence-corrected chi connectivity index (χ3v) is 1.31. The van der Waals surface area contributed by atoms with Crippen molar-refractivity contribution in [3.8, 4) is 0 Å². The van der Waals surface area contributed by atoms with E-state index in [1.165, 1.54) is 6.92 Å². The Kier molecular flexibility index (Phi) is 6.79. The summed E-state index contributed by atoms with van der Waals surface area (Å²) in [5.74, 6) is -0.184. The zero-order valence-corrected chi connectivity index (χ0v) is 7.30. The number of allylic oxidation sites excluding steroid dienone is 2. The van der Waals surface area contributed by atoms with Gasteiger partial charge in [-0.05, 0) is 26.2 Å². The van der Waals surface area contributed by atoms with E-state index >= 15 is 0 Å². The summed E-state index contributed by atoms with van der Waals surface area (Å²) in [6.07, 6.45) is 7.29. The predicted molar refractivity (Wildman–Crippen MR) is 45.3 cm³/mol. The molecule has 0 amide bonds. The lowest BCUT2D eigenvalue weighted by Gasteiger charge is -1.98. The summed E-state index contributed by atoms with van der Waals surface area (Å²) in [4.78, 5) is 10.3. The minimum atomic E-state index is -0.184. The van der Waals surface area contributed by atoms with Crippen molar-refractivity contribution < 1.29 is 9.53 Å². The van der Waals surface area contributed by atoms with Crippen molar-refractivity contribution in [1.29, 1.82) is 0 Å². The van der Waals surface area contributed by atoms with Gasteiger partial charge in [-0.15, -0.1) is 0 Å². The van der Waals surface area contributed by atoms with Gasteiger partial charge >= 0.3 is 5.97 Å². The van der Waals surface area contributed by atoms with Gasteiger partial charge in [-0.3, -0.25) is 4.79 Å². The van der Waals surface area contributed by atoms with Crippen LogP contribution in [0, 0.1) is 0 Å². The zero-order valence-electron chi connectivity index (χ0n) is 7.30. The van der Waals surface area contributed by atoms with E-state index in [-0.39, 0.29) is 5.97 Å². The largest absolute Gasteiger partial charge is 0.466 e. The molecule has 0 aromatic carbocycles. The smallest absolute Gasteiger partial charge is 0.302 e. The molecule has 64 valence electrons. The standard InChI is InChI=1S/C9H16O2/c1-3-4-5-6-7-8-11-9(2)10/h3-4H,5-8H2,1-2H3. The van der Waals surface area contributed by atoms with Crippen LogP contribution in [-0.2, 0) is 9.53 Å². The van der Waals surface area contributed by atoms with Crippen LogP contribution in [0.5, 0.6) is 0 Å². The molecule has 11 heavy (non-hydrogen) atoms. The topological polar surface area (TPSA) is 26.3 Å². The molecule has 0 bridgehead atoms. The number of unbranched alkanes of at least 4 members (excludes halogenated alkanes) is 2. The SMILES string of the molecule is CC=CCCCCOC(C)=O. The maximum absolute atomic E-state index is 10.3.